The molecule has 2 heterocycles. The third-order valence-electron chi connectivity index (χ3n) is 7.22. The van der Waals surface area contributed by atoms with Gasteiger partial charge in [0.15, 0.2) is 11.6 Å². The van der Waals surface area contributed by atoms with E-state index in [2.05, 4.69) is 38.9 Å². The fraction of sp³-hybridized carbons (Fsp3) is 0.133. The largest absolute Gasteiger partial charge is 0.340 e. The van der Waals surface area contributed by atoms with E-state index in [-0.39, 0.29) is 11.6 Å². The highest BCUT2D eigenvalue weighted by Gasteiger charge is 2.29. The van der Waals surface area contributed by atoms with E-state index in [0.717, 1.165) is 28.6 Å². The summed E-state index contributed by atoms with van der Waals surface area (Å²) < 4.78 is 0. The first-order valence-electron chi connectivity index (χ1n) is 12.1. The summed E-state index contributed by atoms with van der Waals surface area (Å²) in [5.74, 6) is 0.426. The first-order chi connectivity index (χ1) is 17.7. The van der Waals surface area contributed by atoms with Gasteiger partial charge in [-0.25, -0.2) is 9.97 Å². The number of anilines is 2. The average molecular weight is 488 g/mol. The van der Waals surface area contributed by atoms with E-state index in [1.165, 1.54) is 29.5 Å². The lowest BCUT2D eigenvalue weighted by molar-refractivity contribution is 0.0979. The van der Waals surface area contributed by atoms with Gasteiger partial charge in [-0.05, 0) is 60.6 Å². The Labute approximate surface area is 211 Å². The van der Waals surface area contributed by atoms with Gasteiger partial charge in [-0.2, -0.15) is 0 Å². The molecule has 5 aromatic rings. The van der Waals surface area contributed by atoms with Gasteiger partial charge in [0.1, 0.15) is 17.0 Å². The third-order valence-corrected chi connectivity index (χ3v) is 8.10. The monoisotopic (exact) mass is 487 g/mol. The van der Waals surface area contributed by atoms with Crippen molar-refractivity contribution in [3.63, 3.8) is 0 Å². The quantitative estimate of drug-likeness (QED) is 0.299. The Morgan fingerprint density at radius 2 is 1.47 bits per heavy atom. The van der Waals surface area contributed by atoms with Crippen molar-refractivity contribution in [2.75, 3.05) is 5.32 Å². The van der Waals surface area contributed by atoms with E-state index in [9.17, 15) is 9.59 Å². The third kappa shape index (κ3) is 3.29. The zero-order chi connectivity index (χ0) is 24.2. The minimum absolute atomic E-state index is 0.122. The first-order valence-corrected chi connectivity index (χ1v) is 13.0. The number of carbonyl (C=O) groups is 2. The second-order valence-corrected chi connectivity index (χ2v) is 10.2. The first kappa shape index (κ1) is 21.1. The van der Waals surface area contributed by atoms with Crippen molar-refractivity contribution in [1.29, 1.82) is 0 Å². The summed E-state index contributed by atoms with van der Waals surface area (Å²) in [4.78, 5) is 36.1. The van der Waals surface area contributed by atoms with Crippen LogP contribution in [-0.2, 0) is 12.8 Å². The van der Waals surface area contributed by atoms with Gasteiger partial charge in [-0.1, -0.05) is 42.5 Å². The SMILES string of the molecule is O=C1c2ccccc2C(=O)c2cc(Nc3ncnc4scc(-c5ccc6c(c5)CCCC6)c34)ccc21. The number of hydrogen-bond acceptors (Lipinski definition) is 6. The molecule has 0 bridgehead atoms. The smallest absolute Gasteiger partial charge is 0.194 e. The maximum Gasteiger partial charge on any atom is 0.194 e. The zero-order valence-electron chi connectivity index (χ0n) is 19.4. The molecule has 0 aliphatic heterocycles. The summed E-state index contributed by atoms with van der Waals surface area (Å²) in [5.41, 5.74) is 7.61. The lowest BCUT2D eigenvalue weighted by atomic mass is 9.84. The number of carbonyl (C=O) groups excluding carboxylic acids is 2. The second-order valence-electron chi connectivity index (χ2n) is 9.33. The second kappa shape index (κ2) is 8.21. The lowest BCUT2D eigenvalue weighted by Crippen LogP contribution is -2.20. The molecule has 0 spiro atoms. The molecule has 0 atom stereocenters. The van der Waals surface area contributed by atoms with Crippen molar-refractivity contribution >= 4 is 44.6 Å². The van der Waals surface area contributed by atoms with Gasteiger partial charge < -0.3 is 5.32 Å². The van der Waals surface area contributed by atoms with Crippen LogP contribution in [0.15, 0.2) is 72.4 Å². The van der Waals surface area contributed by atoms with Crippen LogP contribution in [-0.4, -0.2) is 21.5 Å². The number of thiophene rings is 1. The van der Waals surface area contributed by atoms with Gasteiger partial charge in [0.25, 0.3) is 0 Å². The Kier molecular flexibility index (Phi) is 4.82. The molecule has 7 rings (SSSR count). The Hall–Kier alpha value is -4.16. The number of aromatic nitrogens is 2. The van der Waals surface area contributed by atoms with Crippen LogP contribution in [0.3, 0.4) is 0 Å². The number of nitrogens with one attached hydrogen (secondary N) is 1. The molecule has 36 heavy (non-hydrogen) atoms. The van der Waals surface area contributed by atoms with Crippen LogP contribution < -0.4 is 5.32 Å². The molecule has 1 N–H and O–H groups in total. The lowest BCUT2D eigenvalue weighted by Gasteiger charge is -2.18. The molecule has 0 saturated heterocycles. The van der Waals surface area contributed by atoms with E-state index < -0.39 is 0 Å². The summed E-state index contributed by atoms with van der Waals surface area (Å²) >= 11 is 1.60. The van der Waals surface area contributed by atoms with Crippen molar-refractivity contribution in [3.05, 3.63) is 106 Å². The number of nitrogens with zero attached hydrogens (tertiary/aromatic N) is 2. The summed E-state index contributed by atoms with van der Waals surface area (Å²) in [6.07, 6.45) is 6.33. The van der Waals surface area contributed by atoms with E-state index in [4.69, 9.17) is 0 Å². The predicted molar refractivity (Wildman–Crippen MR) is 143 cm³/mol. The molecule has 6 heteroatoms. The maximum absolute atomic E-state index is 13.2. The number of hydrogen-bond donors (Lipinski definition) is 1. The highest BCUT2D eigenvalue weighted by Crippen LogP contribution is 2.39. The van der Waals surface area contributed by atoms with E-state index in [0.29, 0.717) is 33.8 Å². The van der Waals surface area contributed by atoms with Crippen LogP contribution >= 0.6 is 11.3 Å². The van der Waals surface area contributed by atoms with Crippen molar-refractivity contribution in [2.45, 2.75) is 25.7 Å². The molecule has 0 amide bonds. The number of fused-ring (bicyclic) bond motifs is 4. The summed E-state index contributed by atoms with van der Waals surface area (Å²) in [6.45, 7) is 0. The van der Waals surface area contributed by atoms with Crippen molar-refractivity contribution in [1.82, 2.24) is 9.97 Å². The van der Waals surface area contributed by atoms with Gasteiger partial charge in [-0.15, -0.1) is 11.3 Å². The number of rotatable bonds is 3. The average Bonchev–Trinajstić information content (AvgIpc) is 3.37. The van der Waals surface area contributed by atoms with E-state index in [1.807, 2.05) is 6.07 Å². The maximum atomic E-state index is 13.2. The molecule has 2 aromatic heterocycles. The van der Waals surface area contributed by atoms with Crippen LogP contribution in [0, 0.1) is 0 Å². The predicted octanol–water partition coefficient (Wildman–Crippen LogP) is 6.76. The standard InChI is InChI=1S/C30H21N3O2S/c34-27-21-7-3-4-8-22(21)28(35)24-14-20(11-12-23(24)27)33-29-26-25(15-36-30(26)32-16-31-29)19-10-9-17-5-1-2-6-18(17)13-19/h3-4,7-16H,1-2,5-6H2,(H,31,32,33). The number of benzene rings is 3. The van der Waals surface area contributed by atoms with Gasteiger partial charge in [0.2, 0.25) is 0 Å². The van der Waals surface area contributed by atoms with Gasteiger partial charge in [-0.3, -0.25) is 9.59 Å². The Morgan fingerprint density at radius 1 is 0.722 bits per heavy atom. The minimum atomic E-state index is -0.137. The normalized spacial score (nSPS) is 14.3. The summed E-state index contributed by atoms with van der Waals surface area (Å²) in [7, 11) is 0. The molecule has 2 aliphatic rings. The topological polar surface area (TPSA) is 72.0 Å². The number of ketones is 2. The molecular weight excluding hydrogens is 466 g/mol. The molecule has 0 fully saturated rings. The summed E-state index contributed by atoms with van der Waals surface area (Å²) in [5, 5.41) is 6.51. The van der Waals surface area contributed by atoms with Gasteiger partial charge in [0, 0.05) is 38.9 Å². The van der Waals surface area contributed by atoms with Gasteiger partial charge in [0.05, 0.1) is 5.39 Å². The van der Waals surface area contributed by atoms with Crippen molar-refractivity contribution in [2.24, 2.45) is 0 Å². The van der Waals surface area contributed by atoms with Crippen molar-refractivity contribution < 1.29 is 9.59 Å². The molecule has 3 aromatic carbocycles. The molecule has 0 unspecified atom stereocenters. The molecule has 0 saturated carbocycles. The minimum Gasteiger partial charge on any atom is -0.340 e. The van der Waals surface area contributed by atoms with Crippen LogP contribution in [0.25, 0.3) is 21.3 Å². The Morgan fingerprint density at radius 3 is 2.31 bits per heavy atom. The van der Waals surface area contributed by atoms with Crippen LogP contribution in [0.4, 0.5) is 11.5 Å². The van der Waals surface area contributed by atoms with Gasteiger partial charge >= 0.3 is 0 Å². The van der Waals surface area contributed by atoms with Crippen molar-refractivity contribution in [3.8, 4) is 11.1 Å². The molecule has 5 nitrogen and oxygen atoms in total. The molecule has 2 aliphatic carbocycles. The Balaban J connectivity index is 1.29. The highest BCUT2D eigenvalue weighted by molar-refractivity contribution is 7.17. The number of aryl methyl sites for hydroxylation is 2. The summed E-state index contributed by atoms with van der Waals surface area (Å²) in [6, 6.07) is 19.1. The van der Waals surface area contributed by atoms with Crippen LogP contribution in [0.2, 0.25) is 0 Å². The van der Waals surface area contributed by atoms with Crippen LogP contribution in [0.1, 0.15) is 55.8 Å². The fourth-order valence-corrected chi connectivity index (χ4v) is 6.31. The van der Waals surface area contributed by atoms with Crippen LogP contribution in [0.5, 0.6) is 0 Å². The molecular formula is C30H21N3O2S. The molecule has 174 valence electrons. The van der Waals surface area contributed by atoms with E-state index in [1.54, 1.807) is 54.1 Å². The fourth-order valence-electron chi connectivity index (χ4n) is 5.40. The Bertz CT molecular complexity index is 1720. The zero-order valence-corrected chi connectivity index (χ0v) is 20.2. The highest BCUT2D eigenvalue weighted by atomic mass is 32.1. The van der Waals surface area contributed by atoms with E-state index >= 15 is 0 Å². The molecule has 0 radical (unpaired) electrons.